The molecule has 46 heavy (non-hydrogen) atoms. The number of nitrogens with one attached hydrogen (secondary N) is 1. The molecule has 0 radical (unpaired) electrons. The average Bonchev–Trinajstić information content (AvgIpc) is 2.98. The summed E-state index contributed by atoms with van der Waals surface area (Å²) in [5.41, 5.74) is 0. The summed E-state index contributed by atoms with van der Waals surface area (Å²) in [5, 5.41) is 26.4. The van der Waals surface area contributed by atoms with Gasteiger partial charge in [-0.05, 0) is 64.8 Å². The fraction of sp³-hybridized carbons (Fsp3) is 0.829. The van der Waals surface area contributed by atoms with Crippen molar-refractivity contribution < 1.29 is 29.4 Å². The number of amides is 4. The zero-order chi connectivity index (χ0) is 36.2. The normalized spacial score (nSPS) is 16.8. The quantitative estimate of drug-likeness (QED) is 0.144. The summed E-state index contributed by atoms with van der Waals surface area (Å²) in [6.07, 6.45) is 2.49. The molecule has 0 heterocycles. The number of nitrogens with zero attached hydrogens (tertiary/aromatic N) is 4. The van der Waals surface area contributed by atoms with Crippen molar-refractivity contribution in [2.75, 3.05) is 28.2 Å². The van der Waals surface area contributed by atoms with Crippen molar-refractivity contribution in [2.45, 2.75) is 138 Å². The zero-order valence-corrected chi connectivity index (χ0v) is 31.4. The van der Waals surface area contributed by atoms with Gasteiger partial charge in [0.2, 0.25) is 23.6 Å². The van der Waals surface area contributed by atoms with Crippen LogP contribution >= 0.6 is 0 Å². The van der Waals surface area contributed by atoms with Gasteiger partial charge >= 0.3 is 0 Å². The van der Waals surface area contributed by atoms with E-state index in [1.165, 1.54) is 14.7 Å². The van der Waals surface area contributed by atoms with Crippen molar-refractivity contribution in [2.24, 2.45) is 23.7 Å². The zero-order valence-electron chi connectivity index (χ0n) is 31.4. The molecule has 11 nitrogen and oxygen atoms in total. The van der Waals surface area contributed by atoms with E-state index in [9.17, 15) is 29.4 Å². The maximum Gasteiger partial charge on any atom is 0.245 e. The van der Waals surface area contributed by atoms with Gasteiger partial charge in [-0.2, -0.15) is 0 Å². The molecule has 0 saturated carbocycles. The Hall–Kier alpha value is -2.50. The number of hydrogen-bond donors (Lipinski definition) is 3. The Bertz CT molecular complexity index is 1000. The number of allylic oxidation sites excluding steroid dienone is 2. The molecule has 268 valence electrons. The first-order valence-electron chi connectivity index (χ1n) is 17.0. The highest BCUT2D eigenvalue weighted by molar-refractivity contribution is 5.90. The molecular weight excluding hydrogens is 586 g/mol. The highest BCUT2D eigenvalue weighted by atomic mass is 16.3. The first-order valence-corrected chi connectivity index (χ1v) is 17.0. The Labute approximate surface area is 279 Å². The molecule has 7 unspecified atom stereocenters. The number of likely N-dealkylation sites (N-methyl/N-ethyl adjacent to an activating group) is 4. The third-order valence-electron chi connectivity index (χ3n) is 8.99. The van der Waals surface area contributed by atoms with Crippen molar-refractivity contribution in [1.82, 2.24) is 24.9 Å². The Morgan fingerprint density at radius 3 is 1.74 bits per heavy atom. The molecular formula is C35H67N5O6. The molecule has 0 aliphatic heterocycles. The van der Waals surface area contributed by atoms with E-state index in [-0.39, 0.29) is 47.4 Å². The van der Waals surface area contributed by atoms with Gasteiger partial charge in [0.1, 0.15) is 24.4 Å². The SMILES string of the molecule is C/C=C/CC(C)C(O)C(C(=O)NC(CC)C(=O)N(C)C(C)C)N(C)C(O)C(C(C)C)N(C)C(=O)C(CC(C)C)N(C)C(=O)C(C)C. The van der Waals surface area contributed by atoms with Crippen molar-refractivity contribution in [1.29, 1.82) is 0 Å². The minimum atomic E-state index is -1.37. The molecule has 0 aliphatic carbocycles. The van der Waals surface area contributed by atoms with Gasteiger partial charge in [-0.15, -0.1) is 0 Å². The molecule has 4 amide bonds. The number of carbonyl (C=O) groups is 4. The summed E-state index contributed by atoms with van der Waals surface area (Å²) in [5.74, 6) is -2.08. The fourth-order valence-corrected chi connectivity index (χ4v) is 5.69. The van der Waals surface area contributed by atoms with Crippen LogP contribution in [-0.4, -0.2) is 124 Å². The van der Waals surface area contributed by atoms with E-state index in [1.54, 1.807) is 53.9 Å². The third kappa shape index (κ3) is 11.9. The maximum atomic E-state index is 14.1. The molecule has 0 aromatic heterocycles. The Balaban J connectivity index is 6.71. The van der Waals surface area contributed by atoms with E-state index in [2.05, 4.69) is 5.32 Å². The predicted molar refractivity (Wildman–Crippen MR) is 185 cm³/mol. The monoisotopic (exact) mass is 654 g/mol. The molecule has 0 rings (SSSR count). The minimum absolute atomic E-state index is 0.0699. The van der Waals surface area contributed by atoms with Crippen LogP contribution in [0, 0.1) is 23.7 Å². The lowest BCUT2D eigenvalue weighted by Gasteiger charge is -2.44. The topological polar surface area (TPSA) is 134 Å². The first kappa shape index (κ1) is 43.5. The summed E-state index contributed by atoms with van der Waals surface area (Å²) in [6.45, 7) is 20.6. The third-order valence-corrected chi connectivity index (χ3v) is 8.99. The number of aliphatic hydroxyl groups is 2. The second-order valence-corrected chi connectivity index (χ2v) is 14.2. The van der Waals surface area contributed by atoms with Gasteiger partial charge in [0, 0.05) is 33.1 Å². The number of aliphatic hydroxyl groups excluding tert-OH is 2. The highest BCUT2D eigenvalue weighted by Crippen LogP contribution is 2.25. The van der Waals surface area contributed by atoms with E-state index in [1.807, 2.05) is 67.5 Å². The van der Waals surface area contributed by atoms with Crippen LogP contribution in [0.3, 0.4) is 0 Å². The van der Waals surface area contributed by atoms with Gasteiger partial charge in [0.25, 0.3) is 0 Å². The largest absolute Gasteiger partial charge is 0.391 e. The number of carbonyl (C=O) groups excluding carboxylic acids is 4. The molecule has 0 aromatic carbocycles. The maximum absolute atomic E-state index is 14.1. The Morgan fingerprint density at radius 2 is 1.33 bits per heavy atom. The predicted octanol–water partition coefficient (Wildman–Crippen LogP) is 3.34. The molecule has 0 spiro atoms. The summed E-state index contributed by atoms with van der Waals surface area (Å²) in [6, 6.07) is -3.65. The number of rotatable bonds is 19. The molecule has 11 heteroatoms. The van der Waals surface area contributed by atoms with Crippen LogP contribution < -0.4 is 5.32 Å². The van der Waals surface area contributed by atoms with Crippen molar-refractivity contribution in [3.05, 3.63) is 12.2 Å². The summed E-state index contributed by atoms with van der Waals surface area (Å²) in [4.78, 5) is 60.1. The van der Waals surface area contributed by atoms with Crippen molar-refractivity contribution in [3.63, 3.8) is 0 Å². The van der Waals surface area contributed by atoms with Gasteiger partial charge in [0.15, 0.2) is 0 Å². The Morgan fingerprint density at radius 1 is 0.783 bits per heavy atom. The lowest BCUT2D eigenvalue weighted by atomic mass is 9.91. The molecule has 0 saturated heterocycles. The lowest BCUT2D eigenvalue weighted by molar-refractivity contribution is -0.158. The smallest absolute Gasteiger partial charge is 0.245 e. The second-order valence-electron chi connectivity index (χ2n) is 14.2. The van der Waals surface area contributed by atoms with Gasteiger partial charge in [-0.3, -0.25) is 24.1 Å². The Kier molecular flexibility index (Phi) is 18.9. The molecule has 7 atom stereocenters. The van der Waals surface area contributed by atoms with E-state index < -0.39 is 42.4 Å². The highest BCUT2D eigenvalue weighted by Gasteiger charge is 2.43. The van der Waals surface area contributed by atoms with E-state index in [0.717, 1.165) is 0 Å². The summed E-state index contributed by atoms with van der Waals surface area (Å²) in [7, 11) is 6.48. The van der Waals surface area contributed by atoms with E-state index in [4.69, 9.17) is 0 Å². The molecule has 0 bridgehead atoms. The van der Waals surface area contributed by atoms with Gasteiger partial charge in [-0.1, -0.05) is 67.5 Å². The fourth-order valence-electron chi connectivity index (χ4n) is 5.69. The standard InChI is InChI=1S/C35H67N5O6/c1-16-18-19-25(11)30(41)29(31(42)36-26(17-2)33(44)37(12)24(9)10)40(15)35(46)28(22(5)6)39(14)34(45)27(20-21(3)4)38(13)32(43)23(7)8/h16,18,21-30,35,41,46H,17,19-20H2,1-15H3,(H,36,42)/b18-16+. The number of hydrogen-bond acceptors (Lipinski definition) is 7. The molecule has 0 fully saturated rings. The van der Waals surface area contributed by atoms with Gasteiger partial charge < -0.3 is 30.2 Å². The minimum Gasteiger partial charge on any atom is -0.391 e. The molecule has 0 aliphatic rings. The molecule has 0 aromatic rings. The summed E-state index contributed by atoms with van der Waals surface area (Å²) >= 11 is 0. The van der Waals surface area contributed by atoms with Crippen LogP contribution in [-0.2, 0) is 19.2 Å². The van der Waals surface area contributed by atoms with Crippen LogP contribution in [0.4, 0.5) is 0 Å². The van der Waals surface area contributed by atoms with Crippen molar-refractivity contribution >= 4 is 23.6 Å². The van der Waals surface area contributed by atoms with Crippen LogP contribution in [0.2, 0.25) is 0 Å². The lowest BCUT2D eigenvalue weighted by Crippen LogP contribution is -2.64. The van der Waals surface area contributed by atoms with Crippen LogP contribution in [0.5, 0.6) is 0 Å². The first-order chi connectivity index (χ1) is 21.2. The second kappa shape index (κ2) is 20.0. The summed E-state index contributed by atoms with van der Waals surface area (Å²) < 4.78 is 0. The van der Waals surface area contributed by atoms with Gasteiger partial charge in [0.05, 0.1) is 12.1 Å². The van der Waals surface area contributed by atoms with E-state index >= 15 is 0 Å². The van der Waals surface area contributed by atoms with Crippen molar-refractivity contribution in [3.8, 4) is 0 Å². The van der Waals surface area contributed by atoms with Gasteiger partial charge in [-0.25, -0.2) is 0 Å². The van der Waals surface area contributed by atoms with E-state index in [0.29, 0.717) is 19.3 Å². The van der Waals surface area contributed by atoms with Crippen LogP contribution in [0.15, 0.2) is 12.2 Å². The molecule has 3 N–H and O–H groups in total. The average molecular weight is 654 g/mol. The van der Waals surface area contributed by atoms with Crippen LogP contribution in [0.25, 0.3) is 0 Å². The van der Waals surface area contributed by atoms with Crippen LogP contribution in [0.1, 0.15) is 95.4 Å².